The summed E-state index contributed by atoms with van der Waals surface area (Å²) in [5.41, 5.74) is 0.333. The Balaban J connectivity index is 2.46. The quantitative estimate of drug-likeness (QED) is 0.766. The van der Waals surface area contributed by atoms with E-state index in [9.17, 15) is 10.5 Å². The van der Waals surface area contributed by atoms with Gasteiger partial charge in [0, 0.05) is 0 Å². The number of nitrogens with zero attached hydrogens (tertiary/aromatic N) is 4. The van der Waals surface area contributed by atoms with Crippen LogP contribution in [0.5, 0.6) is 0 Å². The van der Waals surface area contributed by atoms with Crippen LogP contribution in [0.4, 0.5) is 0 Å². The van der Waals surface area contributed by atoms with E-state index in [4.69, 9.17) is 0 Å². The maximum Gasteiger partial charge on any atom is 0.134 e. The highest BCUT2D eigenvalue weighted by atomic mass is 15.2. The van der Waals surface area contributed by atoms with Crippen molar-refractivity contribution in [1.82, 2.24) is 9.80 Å². The van der Waals surface area contributed by atoms with Gasteiger partial charge in [0.1, 0.15) is 11.1 Å². The molecule has 2 rings (SSSR count). The van der Waals surface area contributed by atoms with E-state index in [-0.39, 0.29) is 0 Å². The largest absolute Gasteiger partial charge is 0.288 e. The minimum Gasteiger partial charge on any atom is -0.288 e. The van der Waals surface area contributed by atoms with Crippen LogP contribution in [-0.2, 0) is 11.1 Å². The molecule has 0 saturated carbocycles. The molecular weight excluding hydrogens is 320 g/mol. The molecule has 0 heterocycles. The number of hydrogen-bond donors (Lipinski definition) is 0. The Morgan fingerprint density at radius 3 is 1.19 bits per heavy atom. The van der Waals surface area contributed by atoms with Crippen molar-refractivity contribution >= 4 is 0 Å². The molecule has 26 heavy (non-hydrogen) atoms. The molecule has 0 aliphatic heterocycles. The van der Waals surface area contributed by atoms with Crippen LogP contribution in [0.3, 0.4) is 0 Å². The van der Waals surface area contributed by atoms with Gasteiger partial charge in [0.2, 0.25) is 0 Å². The van der Waals surface area contributed by atoms with E-state index >= 15 is 0 Å². The Kier molecular flexibility index (Phi) is 6.16. The number of hydrogen-bond acceptors (Lipinski definition) is 4. The number of benzene rings is 2. The van der Waals surface area contributed by atoms with Crippen LogP contribution in [0.25, 0.3) is 0 Å². The molecule has 0 radical (unpaired) electrons. The van der Waals surface area contributed by atoms with Gasteiger partial charge in [-0.3, -0.25) is 9.80 Å². The molecule has 2 aromatic carbocycles. The fraction of sp³-hybridized carbons (Fsp3) is 0.364. The third-order valence-electron chi connectivity index (χ3n) is 5.25. The summed E-state index contributed by atoms with van der Waals surface area (Å²) in [6.07, 6.45) is 1.09. The average Bonchev–Trinajstić information content (AvgIpc) is 2.67. The molecule has 4 nitrogen and oxygen atoms in total. The summed E-state index contributed by atoms with van der Waals surface area (Å²) in [5, 5.41) is 20.2. The van der Waals surface area contributed by atoms with Crippen molar-refractivity contribution in [2.75, 3.05) is 28.2 Å². The normalized spacial score (nSPS) is 15.7. The van der Waals surface area contributed by atoms with Gasteiger partial charge in [-0.05, 0) is 52.2 Å². The van der Waals surface area contributed by atoms with Crippen molar-refractivity contribution < 1.29 is 0 Å². The SMILES string of the molecule is CN(C)C(C#N)(CCC(C#N)(c1ccccc1)N(C)C)c1ccccc1. The zero-order valence-electron chi connectivity index (χ0n) is 16.0. The first kappa shape index (κ1) is 19.7. The second-order valence-electron chi connectivity index (χ2n) is 6.97. The smallest absolute Gasteiger partial charge is 0.134 e. The lowest BCUT2D eigenvalue weighted by Crippen LogP contribution is -2.45. The Morgan fingerprint density at radius 1 is 0.654 bits per heavy atom. The van der Waals surface area contributed by atoms with Gasteiger partial charge in [-0.1, -0.05) is 60.7 Å². The molecule has 0 amide bonds. The second kappa shape index (κ2) is 8.15. The van der Waals surface area contributed by atoms with Crippen LogP contribution in [0.1, 0.15) is 24.0 Å². The van der Waals surface area contributed by atoms with E-state index in [0.717, 1.165) is 11.1 Å². The third-order valence-corrected chi connectivity index (χ3v) is 5.25. The molecule has 0 aliphatic carbocycles. The third kappa shape index (κ3) is 3.48. The lowest BCUT2D eigenvalue weighted by Gasteiger charge is -2.39. The van der Waals surface area contributed by atoms with Crippen LogP contribution in [0.2, 0.25) is 0 Å². The van der Waals surface area contributed by atoms with Gasteiger partial charge in [-0.2, -0.15) is 10.5 Å². The first-order chi connectivity index (χ1) is 12.4. The Hall–Kier alpha value is -2.66. The molecule has 0 fully saturated rings. The number of rotatable bonds is 7. The molecular formula is C22H26N4. The summed E-state index contributed by atoms with van der Waals surface area (Å²) in [6, 6.07) is 24.7. The summed E-state index contributed by atoms with van der Waals surface area (Å²) in [4.78, 5) is 3.90. The topological polar surface area (TPSA) is 54.1 Å². The molecule has 0 aromatic heterocycles. The summed E-state index contributed by atoms with van der Waals surface area (Å²) >= 11 is 0. The highest BCUT2D eigenvalue weighted by Gasteiger charge is 2.41. The predicted octanol–water partition coefficient (Wildman–Crippen LogP) is 3.73. The van der Waals surface area contributed by atoms with E-state index < -0.39 is 11.1 Å². The Morgan fingerprint density at radius 2 is 0.962 bits per heavy atom. The molecule has 0 bridgehead atoms. The van der Waals surface area contributed by atoms with Crippen LogP contribution in [0, 0.1) is 22.7 Å². The van der Waals surface area contributed by atoms with E-state index in [2.05, 4.69) is 12.1 Å². The fourth-order valence-electron chi connectivity index (χ4n) is 3.48. The van der Waals surface area contributed by atoms with Crippen molar-refractivity contribution in [3.05, 3.63) is 71.8 Å². The van der Waals surface area contributed by atoms with E-state index in [1.807, 2.05) is 98.7 Å². The van der Waals surface area contributed by atoms with Gasteiger partial charge < -0.3 is 0 Å². The van der Waals surface area contributed by atoms with Gasteiger partial charge in [0.25, 0.3) is 0 Å². The van der Waals surface area contributed by atoms with Crippen molar-refractivity contribution in [2.45, 2.75) is 23.9 Å². The van der Waals surface area contributed by atoms with Crippen molar-refractivity contribution in [3.8, 4) is 12.1 Å². The molecule has 2 aromatic rings. The van der Waals surface area contributed by atoms with Crippen molar-refractivity contribution in [3.63, 3.8) is 0 Å². The summed E-state index contributed by atoms with van der Waals surface area (Å²) in [7, 11) is 7.68. The molecule has 4 heteroatoms. The monoisotopic (exact) mass is 346 g/mol. The second-order valence-corrected chi connectivity index (χ2v) is 6.97. The minimum absolute atomic E-state index is 0.543. The van der Waals surface area contributed by atoms with Gasteiger partial charge in [0.05, 0.1) is 12.1 Å². The Bertz CT molecular complexity index is 717. The summed E-state index contributed by atoms with van der Waals surface area (Å²) in [6.45, 7) is 0. The molecule has 0 spiro atoms. The lowest BCUT2D eigenvalue weighted by molar-refractivity contribution is 0.143. The first-order valence-corrected chi connectivity index (χ1v) is 8.71. The zero-order valence-corrected chi connectivity index (χ0v) is 16.0. The van der Waals surface area contributed by atoms with Gasteiger partial charge in [0.15, 0.2) is 0 Å². The minimum atomic E-state index is -0.784. The average molecular weight is 346 g/mol. The van der Waals surface area contributed by atoms with E-state index in [0.29, 0.717) is 12.8 Å². The highest BCUT2D eigenvalue weighted by Crippen LogP contribution is 2.38. The van der Waals surface area contributed by atoms with Gasteiger partial charge >= 0.3 is 0 Å². The zero-order chi connectivity index (χ0) is 19.2. The van der Waals surface area contributed by atoms with Crippen molar-refractivity contribution in [2.24, 2.45) is 0 Å². The van der Waals surface area contributed by atoms with E-state index in [1.165, 1.54) is 0 Å². The first-order valence-electron chi connectivity index (χ1n) is 8.71. The molecule has 2 unspecified atom stereocenters. The van der Waals surface area contributed by atoms with Gasteiger partial charge in [-0.25, -0.2) is 0 Å². The highest BCUT2D eigenvalue weighted by molar-refractivity contribution is 5.35. The summed E-state index contributed by atoms with van der Waals surface area (Å²) < 4.78 is 0. The fourth-order valence-corrected chi connectivity index (χ4v) is 3.48. The number of nitriles is 2. The molecule has 0 N–H and O–H groups in total. The molecule has 134 valence electrons. The lowest BCUT2D eigenvalue weighted by atomic mass is 9.78. The van der Waals surface area contributed by atoms with Crippen LogP contribution < -0.4 is 0 Å². The molecule has 2 atom stereocenters. The predicted molar refractivity (Wildman–Crippen MR) is 104 cm³/mol. The van der Waals surface area contributed by atoms with Crippen molar-refractivity contribution in [1.29, 1.82) is 10.5 Å². The molecule has 0 saturated heterocycles. The molecule has 0 aliphatic rings. The maximum absolute atomic E-state index is 10.1. The Labute approximate surface area is 156 Å². The van der Waals surface area contributed by atoms with E-state index in [1.54, 1.807) is 0 Å². The van der Waals surface area contributed by atoms with Gasteiger partial charge in [-0.15, -0.1) is 0 Å². The van der Waals surface area contributed by atoms with Crippen LogP contribution in [0.15, 0.2) is 60.7 Å². The summed E-state index contributed by atoms with van der Waals surface area (Å²) in [5.74, 6) is 0. The maximum atomic E-state index is 10.1. The van der Waals surface area contributed by atoms with Crippen LogP contribution >= 0.6 is 0 Å². The standard InChI is InChI=1S/C22H26N4/c1-25(2)21(17-23,19-11-7-5-8-12-19)15-16-22(18-24,26(3)4)20-13-9-6-10-14-20/h5-14H,15-16H2,1-4H3. The van der Waals surface area contributed by atoms with Crippen LogP contribution in [-0.4, -0.2) is 38.0 Å².